The molecule has 6 nitrogen and oxygen atoms in total. The van der Waals surface area contributed by atoms with E-state index >= 15 is 0 Å². The van der Waals surface area contributed by atoms with Gasteiger partial charge in [0.05, 0.1) is 0 Å². The molecular weight excluding hydrogens is 454 g/mol. The van der Waals surface area contributed by atoms with E-state index in [0.717, 1.165) is 11.3 Å². The number of primary sulfonamides is 1. The number of hydrogen-bond donors (Lipinski definition) is 3. The van der Waals surface area contributed by atoms with Crippen LogP contribution in [0.25, 0.3) is 0 Å². The molecule has 33 heavy (non-hydrogen) atoms. The van der Waals surface area contributed by atoms with Gasteiger partial charge in [0.1, 0.15) is 10.6 Å². The number of thiophene rings is 1. The fourth-order valence-corrected chi connectivity index (χ4v) is 4.94. The highest BCUT2D eigenvalue weighted by molar-refractivity contribution is 7.89. The quantitative estimate of drug-likeness (QED) is 0.318. The minimum Gasteiger partial charge on any atom is -0.456 e. The van der Waals surface area contributed by atoms with Crippen LogP contribution in [0, 0.1) is 0 Å². The van der Waals surface area contributed by atoms with E-state index in [2.05, 4.69) is 11.4 Å². The molecule has 0 spiro atoms. The molecular formula is C25H25N3O3S2. The number of hydrogen-bond acceptors (Lipinski definition) is 6. The number of sulfonamides is 1. The molecule has 0 saturated heterocycles. The largest absolute Gasteiger partial charge is 0.456 e. The molecule has 170 valence electrons. The molecule has 0 amide bonds. The Morgan fingerprint density at radius 1 is 0.909 bits per heavy atom. The number of anilines is 1. The monoisotopic (exact) mass is 479 g/mol. The molecule has 0 atom stereocenters. The smallest absolute Gasteiger partial charge is 0.241 e. The van der Waals surface area contributed by atoms with E-state index in [1.807, 2.05) is 60.0 Å². The van der Waals surface area contributed by atoms with Crippen LogP contribution in [0.3, 0.4) is 0 Å². The maximum absolute atomic E-state index is 12.5. The number of nitrogens with one attached hydrogen (secondary N) is 1. The molecule has 5 N–H and O–H groups in total. The molecule has 0 aliphatic carbocycles. The molecule has 3 aromatic carbocycles. The molecule has 0 aliphatic heterocycles. The fraction of sp³-hybridized carbons (Fsp3) is 0.120. The van der Waals surface area contributed by atoms with Crippen molar-refractivity contribution in [2.75, 3.05) is 5.32 Å². The Morgan fingerprint density at radius 3 is 2.36 bits per heavy atom. The summed E-state index contributed by atoms with van der Waals surface area (Å²) in [7, 11) is -4.05. The van der Waals surface area contributed by atoms with Crippen LogP contribution in [0.1, 0.15) is 21.6 Å². The lowest BCUT2D eigenvalue weighted by Gasteiger charge is -2.18. The van der Waals surface area contributed by atoms with Crippen molar-refractivity contribution in [3.05, 3.63) is 106 Å². The Morgan fingerprint density at radius 2 is 1.67 bits per heavy atom. The maximum Gasteiger partial charge on any atom is 0.241 e. The van der Waals surface area contributed by atoms with Gasteiger partial charge in [0.25, 0.3) is 0 Å². The molecule has 0 fully saturated rings. The van der Waals surface area contributed by atoms with Crippen LogP contribution in [-0.2, 0) is 29.5 Å². The van der Waals surface area contributed by atoms with E-state index in [9.17, 15) is 8.42 Å². The highest BCUT2D eigenvalue weighted by atomic mass is 32.2. The van der Waals surface area contributed by atoms with E-state index in [0.29, 0.717) is 29.8 Å². The summed E-state index contributed by atoms with van der Waals surface area (Å²) in [5, 5.41) is 11.1. The third-order valence-electron chi connectivity index (χ3n) is 5.13. The second kappa shape index (κ2) is 10.2. The summed E-state index contributed by atoms with van der Waals surface area (Å²) < 4.78 is 31.0. The molecule has 1 heterocycles. The van der Waals surface area contributed by atoms with Gasteiger partial charge in [-0.25, -0.2) is 13.6 Å². The summed E-state index contributed by atoms with van der Waals surface area (Å²) in [6.07, 6.45) is 0.437. The van der Waals surface area contributed by atoms with Gasteiger partial charge in [0.15, 0.2) is 5.75 Å². The summed E-state index contributed by atoms with van der Waals surface area (Å²) in [5.74, 6) is 0.738. The van der Waals surface area contributed by atoms with Crippen LogP contribution in [-0.4, -0.2) is 8.42 Å². The van der Waals surface area contributed by atoms with Gasteiger partial charge in [0.2, 0.25) is 10.0 Å². The van der Waals surface area contributed by atoms with Crippen LogP contribution in [0.4, 0.5) is 5.69 Å². The van der Waals surface area contributed by atoms with Gasteiger partial charge in [-0.15, -0.1) is 11.3 Å². The van der Waals surface area contributed by atoms with Crippen LogP contribution < -0.4 is 20.9 Å². The van der Waals surface area contributed by atoms with E-state index < -0.39 is 10.0 Å². The van der Waals surface area contributed by atoms with Crippen molar-refractivity contribution in [2.45, 2.75) is 24.4 Å². The van der Waals surface area contributed by atoms with Crippen LogP contribution in [0.5, 0.6) is 11.5 Å². The third kappa shape index (κ3) is 5.80. The van der Waals surface area contributed by atoms with Crippen LogP contribution in [0.2, 0.25) is 0 Å². The molecule has 8 heteroatoms. The second-order valence-electron chi connectivity index (χ2n) is 7.51. The summed E-state index contributed by atoms with van der Waals surface area (Å²) in [6.45, 7) is 0.882. The average Bonchev–Trinajstić information content (AvgIpc) is 3.33. The Kier molecular flexibility index (Phi) is 7.10. The van der Waals surface area contributed by atoms with Gasteiger partial charge in [-0.05, 0) is 46.8 Å². The first-order valence-electron chi connectivity index (χ1n) is 10.4. The van der Waals surface area contributed by atoms with Crippen molar-refractivity contribution in [2.24, 2.45) is 10.9 Å². The minimum atomic E-state index is -4.05. The van der Waals surface area contributed by atoms with Gasteiger partial charge < -0.3 is 15.8 Å². The molecule has 0 bridgehead atoms. The Balaban J connectivity index is 1.75. The first-order chi connectivity index (χ1) is 15.9. The van der Waals surface area contributed by atoms with E-state index in [-0.39, 0.29) is 17.2 Å². The van der Waals surface area contributed by atoms with Crippen LogP contribution >= 0.6 is 11.3 Å². The maximum atomic E-state index is 12.5. The van der Waals surface area contributed by atoms with E-state index in [1.54, 1.807) is 23.5 Å². The van der Waals surface area contributed by atoms with Gasteiger partial charge in [-0.2, -0.15) is 0 Å². The topological polar surface area (TPSA) is 107 Å². The van der Waals surface area contributed by atoms with E-state index in [1.165, 1.54) is 10.9 Å². The molecule has 4 rings (SSSR count). The lowest BCUT2D eigenvalue weighted by atomic mass is 10.00. The molecule has 0 saturated carbocycles. The predicted octanol–water partition coefficient (Wildman–Crippen LogP) is 4.85. The Hall–Kier alpha value is -3.17. The van der Waals surface area contributed by atoms with Gasteiger partial charge in [-0.3, -0.25) is 0 Å². The zero-order valence-corrected chi connectivity index (χ0v) is 19.5. The van der Waals surface area contributed by atoms with Crippen molar-refractivity contribution in [3.63, 3.8) is 0 Å². The zero-order chi connectivity index (χ0) is 23.3. The normalized spacial score (nSPS) is 11.3. The lowest BCUT2D eigenvalue weighted by Crippen LogP contribution is -2.15. The van der Waals surface area contributed by atoms with Crippen LogP contribution in [0.15, 0.2) is 89.1 Å². The summed E-state index contributed by atoms with van der Waals surface area (Å²) in [5.41, 5.74) is 9.19. The molecule has 0 unspecified atom stereocenters. The summed E-state index contributed by atoms with van der Waals surface area (Å²) in [6, 6.07) is 24.4. The Bertz CT molecular complexity index is 1320. The van der Waals surface area contributed by atoms with Crippen molar-refractivity contribution in [3.8, 4) is 11.5 Å². The van der Waals surface area contributed by atoms with Crippen molar-refractivity contribution in [1.29, 1.82) is 0 Å². The van der Waals surface area contributed by atoms with Crippen molar-refractivity contribution >= 4 is 27.0 Å². The minimum absolute atomic E-state index is 0.0756. The number of nitrogens with two attached hydrogens (primary N) is 2. The average molecular weight is 480 g/mol. The number of para-hydroxylation sites is 2. The predicted molar refractivity (Wildman–Crippen MR) is 133 cm³/mol. The summed E-state index contributed by atoms with van der Waals surface area (Å²) in [4.78, 5) is 1.15. The van der Waals surface area contributed by atoms with Gasteiger partial charge in [-0.1, -0.05) is 48.5 Å². The number of rotatable bonds is 9. The first kappa shape index (κ1) is 23.0. The molecule has 1 aromatic heterocycles. The molecule has 0 radical (unpaired) electrons. The molecule has 4 aromatic rings. The lowest BCUT2D eigenvalue weighted by molar-refractivity contribution is 0.461. The highest BCUT2D eigenvalue weighted by Gasteiger charge is 2.22. The molecule has 0 aliphatic rings. The van der Waals surface area contributed by atoms with Crippen molar-refractivity contribution in [1.82, 2.24) is 0 Å². The second-order valence-corrected chi connectivity index (χ2v) is 10.1. The zero-order valence-electron chi connectivity index (χ0n) is 17.9. The summed E-state index contributed by atoms with van der Waals surface area (Å²) >= 11 is 1.69. The SMILES string of the molecule is NCc1cc(Cc2ccccc2NCc2cccs2)c(Oc2ccccc2)c(S(N)(=O)=O)c1. The highest BCUT2D eigenvalue weighted by Crippen LogP contribution is 2.36. The van der Waals surface area contributed by atoms with Crippen molar-refractivity contribution < 1.29 is 13.2 Å². The fourth-order valence-electron chi connectivity index (χ4n) is 3.55. The first-order valence-corrected chi connectivity index (χ1v) is 12.8. The number of ether oxygens (including phenoxy) is 1. The van der Waals surface area contributed by atoms with Gasteiger partial charge in [0, 0.05) is 35.6 Å². The van der Waals surface area contributed by atoms with Gasteiger partial charge >= 0.3 is 0 Å². The Labute approximate surface area is 197 Å². The standard InChI is InChI=1S/C25H25N3O3S2/c26-16-18-13-20(15-19-7-4-5-11-23(19)28-17-22-10-6-12-32-22)25(24(14-18)33(27,29)30)31-21-8-2-1-3-9-21/h1-14,28H,15-17,26H2,(H2,27,29,30). The van der Waals surface area contributed by atoms with E-state index in [4.69, 9.17) is 15.6 Å². The number of benzene rings is 3. The third-order valence-corrected chi connectivity index (χ3v) is 6.92.